The number of ether oxygens (including phenoxy) is 1. The number of benzene rings is 1. The van der Waals surface area contributed by atoms with Crippen LogP contribution in [0, 0.1) is 10.8 Å². The summed E-state index contributed by atoms with van der Waals surface area (Å²) in [5, 5.41) is 0. The lowest BCUT2D eigenvalue weighted by atomic mass is 9.78. The van der Waals surface area contributed by atoms with Gasteiger partial charge in [0.1, 0.15) is 0 Å². The fourth-order valence-electron chi connectivity index (χ4n) is 3.18. The Labute approximate surface area is 140 Å². The molecule has 0 saturated carbocycles. The molecular formula is C19H30N2O2. The van der Waals surface area contributed by atoms with Gasteiger partial charge in [-0.2, -0.15) is 0 Å². The van der Waals surface area contributed by atoms with Crippen LogP contribution in [0.4, 0.5) is 0 Å². The molecule has 1 fully saturated rings. The zero-order valence-corrected chi connectivity index (χ0v) is 14.7. The van der Waals surface area contributed by atoms with Crippen LogP contribution in [0.3, 0.4) is 0 Å². The highest BCUT2D eigenvalue weighted by atomic mass is 16.5. The molecule has 0 aromatic heterocycles. The quantitative estimate of drug-likeness (QED) is 0.908. The van der Waals surface area contributed by atoms with Gasteiger partial charge in [-0.3, -0.25) is 4.79 Å². The van der Waals surface area contributed by atoms with E-state index in [4.69, 9.17) is 10.5 Å². The molecule has 23 heavy (non-hydrogen) atoms. The minimum atomic E-state index is -0.460. The summed E-state index contributed by atoms with van der Waals surface area (Å²) in [6, 6.07) is 10.2. The Kier molecular flexibility index (Phi) is 5.82. The van der Waals surface area contributed by atoms with Crippen LogP contribution in [0.15, 0.2) is 30.3 Å². The Morgan fingerprint density at radius 3 is 2.35 bits per heavy atom. The second kappa shape index (κ2) is 7.45. The van der Waals surface area contributed by atoms with Crippen molar-refractivity contribution in [1.82, 2.24) is 4.90 Å². The van der Waals surface area contributed by atoms with Crippen LogP contribution in [0.1, 0.15) is 39.2 Å². The first-order chi connectivity index (χ1) is 10.9. The predicted molar refractivity (Wildman–Crippen MR) is 92.9 cm³/mol. The second-order valence-electron chi connectivity index (χ2n) is 7.80. The van der Waals surface area contributed by atoms with E-state index in [0.29, 0.717) is 26.3 Å². The van der Waals surface area contributed by atoms with Crippen LogP contribution >= 0.6 is 0 Å². The standard InChI is InChI=1S/C19H30N2O2/c1-18(2,3)15-21(13-16-7-5-4-6-8-16)17(22)19(14-20)9-11-23-12-10-19/h4-8H,9-15,20H2,1-3H3. The molecule has 1 aliphatic rings. The van der Waals surface area contributed by atoms with E-state index in [1.165, 1.54) is 0 Å². The van der Waals surface area contributed by atoms with Gasteiger partial charge in [0.05, 0.1) is 5.41 Å². The summed E-state index contributed by atoms with van der Waals surface area (Å²) in [5.74, 6) is 0.182. The van der Waals surface area contributed by atoms with Crippen molar-refractivity contribution < 1.29 is 9.53 Å². The van der Waals surface area contributed by atoms with Gasteiger partial charge in [0.2, 0.25) is 5.91 Å². The van der Waals surface area contributed by atoms with Gasteiger partial charge < -0.3 is 15.4 Å². The molecule has 0 spiro atoms. The van der Waals surface area contributed by atoms with E-state index in [-0.39, 0.29) is 11.3 Å². The summed E-state index contributed by atoms with van der Waals surface area (Å²) in [5.41, 5.74) is 6.77. The normalized spacial score (nSPS) is 17.7. The van der Waals surface area contributed by atoms with Crippen molar-refractivity contribution >= 4 is 5.91 Å². The number of hydrogen-bond acceptors (Lipinski definition) is 3. The van der Waals surface area contributed by atoms with E-state index in [1.54, 1.807) is 0 Å². The SMILES string of the molecule is CC(C)(C)CN(Cc1ccccc1)C(=O)C1(CN)CCOCC1. The third-order valence-corrected chi connectivity index (χ3v) is 4.46. The molecule has 2 N–H and O–H groups in total. The first-order valence-electron chi connectivity index (χ1n) is 8.47. The molecule has 4 nitrogen and oxygen atoms in total. The Balaban J connectivity index is 2.22. The first kappa shape index (κ1) is 18.0. The van der Waals surface area contributed by atoms with Gasteiger partial charge in [0, 0.05) is 32.8 Å². The number of nitrogens with zero attached hydrogens (tertiary/aromatic N) is 1. The third-order valence-electron chi connectivity index (χ3n) is 4.46. The molecule has 4 heteroatoms. The molecule has 0 aliphatic carbocycles. The van der Waals surface area contributed by atoms with Gasteiger partial charge in [-0.05, 0) is 23.8 Å². The van der Waals surface area contributed by atoms with Crippen molar-refractivity contribution in [2.24, 2.45) is 16.6 Å². The molecule has 0 radical (unpaired) electrons. The van der Waals surface area contributed by atoms with Gasteiger partial charge in [0.25, 0.3) is 0 Å². The van der Waals surface area contributed by atoms with E-state index in [0.717, 1.165) is 24.9 Å². The van der Waals surface area contributed by atoms with E-state index >= 15 is 0 Å². The maximum absolute atomic E-state index is 13.3. The summed E-state index contributed by atoms with van der Waals surface area (Å²) >= 11 is 0. The number of carbonyl (C=O) groups excluding carboxylic acids is 1. The average molecular weight is 318 g/mol. The van der Waals surface area contributed by atoms with Gasteiger partial charge in [-0.25, -0.2) is 0 Å². The second-order valence-corrected chi connectivity index (χ2v) is 7.80. The van der Waals surface area contributed by atoms with Crippen molar-refractivity contribution in [1.29, 1.82) is 0 Å². The van der Waals surface area contributed by atoms with Crippen LogP contribution < -0.4 is 5.73 Å². The van der Waals surface area contributed by atoms with Gasteiger partial charge in [-0.15, -0.1) is 0 Å². The van der Waals surface area contributed by atoms with E-state index in [1.807, 2.05) is 23.1 Å². The number of hydrogen-bond donors (Lipinski definition) is 1. The third kappa shape index (κ3) is 4.79. The molecule has 1 aromatic rings. The fraction of sp³-hybridized carbons (Fsp3) is 0.632. The van der Waals surface area contributed by atoms with Crippen molar-refractivity contribution in [3.8, 4) is 0 Å². The highest BCUT2D eigenvalue weighted by molar-refractivity contribution is 5.83. The van der Waals surface area contributed by atoms with E-state index < -0.39 is 5.41 Å². The minimum absolute atomic E-state index is 0.0470. The van der Waals surface area contributed by atoms with Crippen LogP contribution in [0.25, 0.3) is 0 Å². The number of amides is 1. The summed E-state index contributed by atoms with van der Waals surface area (Å²) in [6.07, 6.45) is 1.44. The molecule has 1 saturated heterocycles. The van der Waals surface area contributed by atoms with E-state index in [9.17, 15) is 4.79 Å². The lowest BCUT2D eigenvalue weighted by Gasteiger charge is -2.41. The minimum Gasteiger partial charge on any atom is -0.381 e. The Bertz CT molecular complexity index is 502. The van der Waals surface area contributed by atoms with Crippen LogP contribution in [-0.2, 0) is 16.1 Å². The highest BCUT2D eigenvalue weighted by Crippen LogP contribution is 2.33. The van der Waals surface area contributed by atoms with Crippen LogP contribution in [0.2, 0.25) is 0 Å². The predicted octanol–water partition coefficient (Wildman–Crippen LogP) is 2.82. The zero-order chi connectivity index (χ0) is 16.9. The molecule has 1 aliphatic heterocycles. The van der Waals surface area contributed by atoms with Crippen molar-refractivity contribution in [3.05, 3.63) is 35.9 Å². The molecule has 0 atom stereocenters. The van der Waals surface area contributed by atoms with E-state index in [2.05, 4.69) is 32.9 Å². The molecule has 1 amide bonds. The topological polar surface area (TPSA) is 55.6 Å². The largest absolute Gasteiger partial charge is 0.381 e. The van der Waals surface area contributed by atoms with Gasteiger partial charge in [0.15, 0.2) is 0 Å². The van der Waals surface area contributed by atoms with Gasteiger partial charge >= 0.3 is 0 Å². The molecule has 1 heterocycles. The summed E-state index contributed by atoms with van der Waals surface area (Å²) in [7, 11) is 0. The average Bonchev–Trinajstić information content (AvgIpc) is 2.54. The fourth-order valence-corrected chi connectivity index (χ4v) is 3.18. The highest BCUT2D eigenvalue weighted by Gasteiger charge is 2.42. The molecule has 0 bridgehead atoms. The Morgan fingerprint density at radius 2 is 1.83 bits per heavy atom. The monoisotopic (exact) mass is 318 g/mol. The first-order valence-corrected chi connectivity index (χ1v) is 8.47. The Hall–Kier alpha value is -1.39. The lowest BCUT2D eigenvalue weighted by Crippen LogP contribution is -2.52. The van der Waals surface area contributed by atoms with Crippen LogP contribution in [0.5, 0.6) is 0 Å². The van der Waals surface area contributed by atoms with Crippen molar-refractivity contribution in [2.45, 2.75) is 40.2 Å². The van der Waals surface area contributed by atoms with Crippen molar-refractivity contribution in [2.75, 3.05) is 26.3 Å². The Morgan fingerprint density at radius 1 is 1.22 bits per heavy atom. The number of carbonyl (C=O) groups is 1. The molecule has 2 rings (SSSR count). The maximum Gasteiger partial charge on any atom is 0.230 e. The lowest BCUT2D eigenvalue weighted by molar-refractivity contribution is -0.149. The molecule has 0 unspecified atom stereocenters. The zero-order valence-electron chi connectivity index (χ0n) is 14.7. The molecular weight excluding hydrogens is 288 g/mol. The van der Waals surface area contributed by atoms with Crippen LogP contribution in [-0.4, -0.2) is 37.1 Å². The summed E-state index contributed by atoms with van der Waals surface area (Å²) in [4.78, 5) is 15.3. The number of nitrogens with two attached hydrogens (primary N) is 1. The maximum atomic E-state index is 13.3. The summed E-state index contributed by atoms with van der Waals surface area (Å²) < 4.78 is 5.45. The van der Waals surface area contributed by atoms with Crippen molar-refractivity contribution in [3.63, 3.8) is 0 Å². The number of rotatable bonds is 5. The van der Waals surface area contributed by atoms with Gasteiger partial charge in [-0.1, -0.05) is 51.1 Å². The smallest absolute Gasteiger partial charge is 0.230 e. The summed E-state index contributed by atoms with van der Waals surface area (Å²) in [6.45, 7) is 9.49. The molecule has 1 aromatic carbocycles. The molecule has 128 valence electrons.